The fourth-order valence-corrected chi connectivity index (χ4v) is 2.29. The number of nitrogen functional groups attached to an aromatic ring is 1. The second-order valence-corrected chi connectivity index (χ2v) is 3.96. The molecule has 0 unspecified atom stereocenters. The first-order valence-electron chi connectivity index (χ1n) is 3.98. The number of aromatic nitrogens is 2. The predicted octanol–water partition coefficient (Wildman–Crippen LogP) is 2.23. The van der Waals surface area contributed by atoms with E-state index in [0.717, 1.165) is 26.8 Å². The summed E-state index contributed by atoms with van der Waals surface area (Å²) in [6.45, 7) is 1.98. The number of nitrogens with zero attached hydrogens (tertiary/aromatic N) is 2. The highest BCUT2D eigenvalue weighted by Crippen LogP contribution is 2.28. The van der Waals surface area contributed by atoms with Crippen LogP contribution in [0.25, 0.3) is 10.9 Å². The van der Waals surface area contributed by atoms with Crippen LogP contribution in [0, 0.1) is 6.92 Å². The lowest BCUT2D eigenvalue weighted by Gasteiger charge is -1.99. The van der Waals surface area contributed by atoms with Crippen molar-refractivity contribution >= 4 is 32.5 Å². The molecule has 1 heterocycles. The highest BCUT2D eigenvalue weighted by Gasteiger charge is 2.08. The Kier molecular flexibility index (Phi) is 1.80. The molecule has 0 radical (unpaired) electrons. The average molecular weight is 240 g/mol. The normalized spacial score (nSPS) is 11.0. The number of halogens is 1. The largest absolute Gasteiger partial charge is 0.399 e. The molecule has 0 bridgehead atoms. The second kappa shape index (κ2) is 2.73. The maximum absolute atomic E-state index is 5.74. The Labute approximate surface area is 84.7 Å². The first-order chi connectivity index (χ1) is 6.09. The predicted molar refractivity (Wildman–Crippen MR) is 57.6 cm³/mol. The monoisotopic (exact) mass is 239 g/mol. The molecule has 1 aromatic heterocycles. The summed E-state index contributed by atoms with van der Waals surface area (Å²) < 4.78 is 2.85. The van der Waals surface area contributed by atoms with E-state index >= 15 is 0 Å². The van der Waals surface area contributed by atoms with Gasteiger partial charge in [0, 0.05) is 22.6 Å². The molecular formula is C9H10BrN3. The van der Waals surface area contributed by atoms with Gasteiger partial charge in [-0.15, -0.1) is 0 Å². The van der Waals surface area contributed by atoms with E-state index in [2.05, 4.69) is 21.0 Å². The number of nitrogens with two attached hydrogens (primary N) is 1. The van der Waals surface area contributed by atoms with Crippen LogP contribution < -0.4 is 5.73 Å². The third-order valence-electron chi connectivity index (χ3n) is 2.10. The van der Waals surface area contributed by atoms with Crippen molar-refractivity contribution in [1.82, 2.24) is 9.78 Å². The zero-order chi connectivity index (χ0) is 9.59. The maximum Gasteiger partial charge on any atom is 0.0825 e. The smallest absolute Gasteiger partial charge is 0.0825 e. The molecule has 0 saturated carbocycles. The van der Waals surface area contributed by atoms with Crippen LogP contribution in [0.2, 0.25) is 0 Å². The Bertz CT molecular complexity index is 473. The van der Waals surface area contributed by atoms with Gasteiger partial charge in [0.1, 0.15) is 0 Å². The summed E-state index contributed by atoms with van der Waals surface area (Å²) in [7, 11) is 1.93. The molecule has 0 aliphatic rings. The molecule has 3 nitrogen and oxygen atoms in total. The van der Waals surface area contributed by atoms with Crippen LogP contribution in [0.15, 0.2) is 16.6 Å². The highest BCUT2D eigenvalue weighted by molar-refractivity contribution is 9.10. The van der Waals surface area contributed by atoms with Gasteiger partial charge >= 0.3 is 0 Å². The number of hydrogen-bond acceptors (Lipinski definition) is 2. The molecule has 0 fully saturated rings. The van der Waals surface area contributed by atoms with Gasteiger partial charge in [-0.05, 0) is 35.0 Å². The van der Waals surface area contributed by atoms with Crippen LogP contribution >= 0.6 is 15.9 Å². The number of fused-ring (bicyclic) bond motifs is 1. The summed E-state index contributed by atoms with van der Waals surface area (Å²) in [5.41, 5.74) is 8.59. The first kappa shape index (κ1) is 8.56. The number of aryl methyl sites for hydroxylation is 2. The van der Waals surface area contributed by atoms with Crippen molar-refractivity contribution in [3.05, 3.63) is 22.3 Å². The van der Waals surface area contributed by atoms with Gasteiger partial charge < -0.3 is 5.73 Å². The van der Waals surface area contributed by atoms with Crippen molar-refractivity contribution in [2.45, 2.75) is 6.92 Å². The molecule has 2 rings (SSSR count). The topological polar surface area (TPSA) is 43.8 Å². The Hall–Kier alpha value is -1.03. The molecule has 2 aromatic rings. The van der Waals surface area contributed by atoms with Crippen molar-refractivity contribution in [3.63, 3.8) is 0 Å². The highest BCUT2D eigenvalue weighted by atomic mass is 79.9. The molecule has 13 heavy (non-hydrogen) atoms. The van der Waals surface area contributed by atoms with Gasteiger partial charge in [0.05, 0.1) is 11.2 Å². The summed E-state index contributed by atoms with van der Waals surface area (Å²) in [6.07, 6.45) is 0. The van der Waals surface area contributed by atoms with E-state index in [1.165, 1.54) is 0 Å². The van der Waals surface area contributed by atoms with Gasteiger partial charge in [-0.2, -0.15) is 5.10 Å². The molecule has 2 N–H and O–H groups in total. The van der Waals surface area contributed by atoms with Gasteiger partial charge in [-0.3, -0.25) is 4.68 Å². The molecule has 68 valence electrons. The minimum atomic E-state index is 0.760. The zero-order valence-corrected chi connectivity index (χ0v) is 9.09. The van der Waals surface area contributed by atoms with Crippen LogP contribution in [-0.2, 0) is 7.05 Å². The lowest BCUT2D eigenvalue weighted by molar-refractivity contribution is 0.782. The van der Waals surface area contributed by atoms with Gasteiger partial charge in [0.25, 0.3) is 0 Å². The van der Waals surface area contributed by atoms with E-state index in [1.807, 2.05) is 30.8 Å². The molecule has 0 atom stereocenters. The lowest BCUT2D eigenvalue weighted by atomic mass is 10.2. The maximum atomic E-state index is 5.74. The molecule has 4 heteroatoms. The number of anilines is 1. The van der Waals surface area contributed by atoms with E-state index in [-0.39, 0.29) is 0 Å². The van der Waals surface area contributed by atoms with Crippen molar-refractivity contribution in [2.24, 2.45) is 7.05 Å². The summed E-state index contributed by atoms with van der Waals surface area (Å²) in [5, 5.41) is 5.43. The molecule has 0 spiro atoms. The minimum Gasteiger partial charge on any atom is -0.399 e. The van der Waals surface area contributed by atoms with Crippen molar-refractivity contribution in [1.29, 1.82) is 0 Å². The van der Waals surface area contributed by atoms with Gasteiger partial charge in [-0.1, -0.05) is 0 Å². The average Bonchev–Trinajstić information content (AvgIpc) is 2.27. The zero-order valence-electron chi connectivity index (χ0n) is 7.50. The van der Waals surface area contributed by atoms with Crippen LogP contribution in [0.1, 0.15) is 5.69 Å². The number of hydrogen-bond donors (Lipinski definition) is 1. The Morgan fingerprint density at radius 3 is 2.85 bits per heavy atom. The number of benzene rings is 1. The Morgan fingerprint density at radius 2 is 2.15 bits per heavy atom. The van der Waals surface area contributed by atoms with E-state index in [9.17, 15) is 0 Å². The van der Waals surface area contributed by atoms with Crippen LogP contribution in [0.4, 0.5) is 5.69 Å². The standard InChI is InChI=1S/C9H10BrN3/c1-5-7-3-6(11)4-8(10)9(7)13(2)12-5/h3-4H,11H2,1-2H3. The van der Waals surface area contributed by atoms with Gasteiger partial charge in [0.15, 0.2) is 0 Å². The van der Waals surface area contributed by atoms with Crippen LogP contribution in [0.3, 0.4) is 0 Å². The van der Waals surface area contributed by atoms with Crippen molar-refractivity contribution < 1.29 is 0 Å². The van der Waals surface area contributed by atoms with Crippen molar-refractivity contribution in [2.75, 3.05) is 5.73 Å². The Balaban J connectivity index is 2.97. The third kappa shape index (κ3) is 1.21. The fourth-order valence-electron chi connectivity index (χ4n) is 1.55. The number of rotatable bonds is 0. The van der Waals surface area contributed by atoms with Crippen LogP contribution in [-0.4, -0.2) is 9.78 Å². The van der Waals surface area contributed by atoms with E-state index in [1.54, 1.807) is 0 Å². The molecule has 0 aliphatic carbocycles. The lowest BCUT2D eigenvalue weighted by Crippen LogP contribution is -1.91. The summed E-state index contributed by atoms with van der Waals surface area (Å²) in [6, 6.07) is 3.84. The molecule has 0 aliphatic heterocycles. The summed E-state index contributed by atoms with van der Waals surface area (Å²) >= 11 is 3.47. The van der Waals surface area contributed by atoms with Gasteiger partial charge in [-0.25, -0.2) is 0 Å². The quantitative estimate of drug-likeness (QED) is 0.717. The SMILES string of the molecule is Cc1nn(C)c2c(Br)cc(N)cc12. The fraction of sp³-hybridized carbons (Fsp3) is 0.222. The van der Waals surface area contributed by atoms with E-state index < -0.39 is 0 Å². The van der Waals surface area contributed by atoms with E-state index in [0.29, 0.717) is 0 Å². The minimum absolute atomic E-state index is 0.760. The molecule has 1 aromatic carbocycles. The molecular weight excluding hydrogens is 230 g/mol. The molecule has 0 amide bonds. The second-order valence-electron chi connectivity index (χ2n) is 3.11. The summed E-state index contributed by atoms with van der Waals surface area (Å²) in [5.74, 6) is 0. The molecule has 0 saturated heterocycles. The summed E-state index contributed by atoms with van der Waals surface area (Å²) in [4.78, 5) is 0. The van der Waals surface area contributed by atoms with Gasteiger partial charge in [0.2, 0.25) is 0 Å². The first-order valence-corrected chi connectivity index (χ1v) is 4.77. The van der Waals surface area contributed by atoms with E-state index in [4.69, 9.17) is 5.73 Å². The third-order valence-corrected chi connectivity index (χ3v) is 2.70. The van der Waals surface area contributed by atoms with Crippen LogP contribution in [0.5, 0.6) is 0 Å². The Morgan fingerprint density at radius 1 is 1.46 bits per heavy atom. The van der Waals surface area contributed by atoms with Crippen molar-refractivity contribution in [3.8, 4) is 0 Å².